The minimum Gasteiger partial charge on any atom is -0.445 e. The van der Waals surface area contributed by atoms with Crippen LogP contribution in [0.5, 0.6) is 0 Å². The van der Waals surface area contributed by atoms with Gasteiger partial charge in [-0.05, 0) is 67.3 Å². The van der Waals surface area contributed by atoms with Crippen LogP contribution in [-0.2, 0) is 32.8 Å². The van der Waals surface area contributed by atoms with E-state index in [4.69, 9.17) is 10.5 Å². The fourth-order valence-corrected chi connectivity index (χ4v) is 6.79. The van der Waals surface area contributed by atoms with Gasteiger partial charge in [-0.2, -0.15) is 0 Å². The van der Waals surface area contributed by atoms with Gasteiger partial charge in [-0.3, -0.25) is 9.59 Å². The first kappa shape index (κ1) is 30.4. The number of ether oxygens (including phenoxy) is 1. The Morgan fingerprint density at radius 2 is 1.69 bits per heavy atom. The zero-order valence-corrected chi connectivity index (χ0v) is 25.8. The third-order valence-corrected chi connectivity index (χ3v) is 9.24. The predicted molar refractivity (Wildman–Crippen MR) is 173 cm³/mol. The highest BCUT2D eigenvalue weighted by Crippen LogP contribution is 2.50. The lowest BCUT2D eigenvalue weighted by Gasteiger charge is -2.41. The second kappa shape index (κ2) is 12.4. The molecule has 1 spiro atoms. The lowest BCUT2D eigenvalue weighted by Crippen LogP contribution is -2.58. The van der Waals surface area contributed by atoms with Crippen LogP contribution in [0, 0.1) is 0 Å². The molecule has 0 radical (unpaired) electrons. The topological polar surface area (TPSA) is 130 Å². The molecule has 1 aliphatic heterocycles. The number of piperidine rings is 1. The standard InChI is InChI=1S/C36H41N5O4/c1-35(2,37)33(43)39-30(21-26-20-25-12-6-9-15-29(25)38-26)32(42)41-18-16-36(17-19-41)22-31(27-13-7-8-14-28(27)36)40-34(44)45-23-24-10-4-3-5-11-24/h3-15,20,30-31,38H,16-19,21-23,37H2,1-2H3,(H,39,43)(H,40,44)/t30-,31?/m1/s1. The van der Waals surface area contributed by atoms with E-state index in [2.05, 4.69) is 27.8 Å². The fraction of sp³-hybridized carbons (Fsp3) is 0.361. The van der Waals surface area contributed by atoms with Crippen molar-refractivity contribution in [3.05, 3.63) is 107 Å². The van der Waals surface area contributed by atoms with E-state index in [0.29, 0.717) is 19.5 Å². The summed E-state index contributed by atoms with van der Waals surface area (Å²) in [6.45, 7) is 4.57. The van der Waals surface area contributed by atoms with Gasteiger partial charge in [0.15, 0.2) is 0 Å². The molecule has 1 saturated heterocycles. The van der Waals surface area contributed by atoms with Crippen LogP contribution in [0.15, 0.2) is 84.9 Å². The van der Waals surface area contributed by atoms with Crippen molar-refractivity contribution in [2.24, 2.45) is 5.73 Å². The van der Waals surface area contributed by atoms with Gasteiger partial charge in [-0.15, -0.1) is 0 Å². The second-order valence-electron chi connectivity index (χ2n) is 13.0. The third kappa shape index (κ3) is 6.59. The number of carbonyl (C=O) groups is 3. The molecular weight excluding hydrogens is 566 g/mol. The SMILES string of the molecule is CC(C)(N)C(=O)N[C@H](Cc1cc2ccccc2[nH]1)C(=O)N1CCC2(CC1)CC(NC(=O)OCc1ccccc1)c1ccccc12. The number of likely N-dealkylation sites (tertiary alicyclic amines) is 1. The van der Waals surface area contributed by atoms with Crippen molar-refractivity contribution in [1.29, 1.82) is 0 Å². The molecule has 234 valence electrons. The second-order valence-corrected chi connectivity index (χ2v) is 13.0. The number of rotatable bonds is 8. The number of nitrogens with two attached hydrogens (primary N) is 1. The van der Waals surface area contributed by atoms with E-state index >= 15 is 0 Å². The van der Waals surface area contributed by atoms with Gasteiger partial charge in [0.25, 0.3) is 0 Å². The molecule has 1 fully saturated rings. The largest absolute Gasteiger partial charge is 0.445 e. The summed E-state index contributed by atoms with van der Waals surface area (Å²) in [5.41, 5.74) is 9.91. The van der Waals surface area contributed by atoms with Gasteiger partial charge in [0.2, 0.25) is 11.8 Å². The summed E-state index contributed by atoms with van der Waals surface area (Å²) in [7, 11) is 0. The van der Waals surface area contributed by atoms with Crippen LogP contribution < -0.4 is 16.4 Å². The number of hydrogen-bond donors (Lipinski definition) is 4. The summed E-state index contributed by atoms with van der Waals surface area (Å²) in [5.74, 6) is -0.491. The number of alkyl carbamates (subject to hydrolysis) is 1. The molecule has 2 atom stereocenters. The number of fused-ring (bicyclic) bond motifs is 3. The summed E-state index contributed by atoms with van der Waals surface area (Å²) in [5, 5.41) is 7.09. The van der Waals surface area contributed by atoms with Gasteiger partial charge in [0, 0.05) is 36.1 Å². The zero-order valence-electron chi connectivity index (χ0n) is 25.8. The minimum absolute atomic E-state index is 0.119. The molecular formula is C36H41N5O4. The Labute approximate surface area is 263 Å². The Balaban J connectivity index is 1.14. The van der Waals surface area contributed by atoms with E-state index in [1.807, 2.05) is 77.7 Å². The van der Waals surface area contributed by atoms with E-state index in [0.717, 1.165) is 47.0 Å². The molecule has 3 aromatic carbocycles. The first-order chi connectivity index (χ1) is 21.6. The van der Waals surface area contributed by atoms with E-state index in [-0.39, 0.29) is 29.9 Å². The van der Waals surface area contributed by atoms with Crippen molar-refractivity contribution in [3.8, 4) is 0 Å². The Hall–Kier alpha value is -4.63. The van der Waals surface area contributed by atoms with E-state index in [9.17, 15) is 14.4 Å². The minimum atomic E-state index is -1.12. The van der Waals surface area contributed by atoms with Gasteiger partial charge < -0.3 is 31.0 Å². The number of aromatic amines is 1. The molecule has 2 aliphatic rings. The van der Waals surface area contributed by atoms with Crippen LogP contribution in [0.2, 0.25) is 0 Å². The average molecular weight is 608 g/mol. The van der Waals surface area contributed by atoms with Crippen molar-refractivity contribution >= 4 is 28.8 Å². The van der Waals surface area contributed by atoms with Crippen molar-refractivity contribution in [3.63, 3.8) is 0 Å². The monoisotopic (exact) mass is 607 g/mol. The number of benzene rings is 3. The molecule has 6 rings (SSSR count). The maximum Gasteiger partial charge on any atom is 0.407 e. The van der Waals surface area contributed by atoms with Gasteiger partial charge >= 0.3 is 6.09 Å². The molecule has 1 aromatic heterocycles. The number of para-hydroxylation sites is 1. The van der Waals surface area contributed by atoms with Crippen LogP contribution in [0.25, 0.3) is 10.9 Å². The molecule has 4 aromatic rings. The number of H-pyrrole nitrogens is 1. The lowest BCUT2D eigenvalue weighted by atomic mass is 9.73. The summed E-state index contributed by atoms with van der Waals surface area (Å²) in [4.78, 5) is 45.0. The molecule has 9 nitrogen and oxygen atoms in total. The Morgan fingerprint density at radius 1 is 1.00 bits per heavy atom. The Morgan fingerprint density at radius 3 is 2.42 bits per heavy atom. The number of aromatic nitrogens is 1. The van der Waals surface area contributed by atoms with Gasteiger partial charge in [-0.25, -0.2) is 4.79 Å². The smallest absolute Gasteiger partial charge is 0.407 e. The first-order valence-corrected chi connectivity index (χ1v) is 15.6. The first-order valence-electron chi connectivity index (χ1n) is 15.6. The third-order valence-electron chi connectivity index (χ3n) is 9.24. The van der Waals surface area contributed by atoms with Crippen molar-refractivity contribution in [2.75, 3.05) is 13.1 Å². The van der Waals surface area contributed by atoms with E-state index in [1.165, 1.54) is 5.56 Å². The number of carbonyl (C=O) groups excluding carboxylic acids is 3. The van der Waals surface area contributed by atoms with Crippen LogP contribution in [0.4, 0.5) is 4.79 Å². The highest BCUT2D eigenvalue weighted by molar-refractivity contribution is 5.92. The highest BCUT2D eigenvalue weighted by Gasteiger charge is 2.47. The number of nitrogens with one attached hydrogen (secondary N) is 3. The molecule has 9 heteroatoms. The van der Waals surface area contributed by atoms with E-state index < -0.39 is 17.7 Å². The average Bonchev–Trinajstić information content (AvgIpc) is 3.58. The molecule has 45 heavy (non-hydrogen) atoms. The Bertz CT molecular complexity index is 1650. The van der Waals surface area contributed by atoms with Crippen LogP contribution >= 0.6 is 0 Å². The van der Waals surface area contributed by atoms with Gasteiger partial charge in [-0.1, -0.05) is 72.8 Å². The molecule has 5 N–H and O–H groups in total. The number of amides is 3. The van der Waals surface area contributed by atoms with E-state index in [1.54, 1.807) is 13.8 Å². The van der Waals surface area contributed by atoms with Crippen LogP contribution in [0.3, 0.4) is 0 Å². The molecule has 0 bridgehead atoms. The maximum absolute atomic E-state index is 14.0. The summed E-state index contributed by atoms with van der Waals surface area (Å²) in [6.07, 6.45) is 2.13. The van der Waals surface area contributed by atoms with Crippen LogP contribution in [0.1, 0.15) is 61.5 Å². The lowest BCUT2D eigenvalue weighted by molar-refractivity contribution is -0.138. The van der Waals surface area contributed by atoms with Gasteiger partial charge in [0.05, 0.1) is 11.6 Å². The van der Waals surface area contributed by atoms with Crippen LogP contribution in [-0.4, -0.2) is 52.5 Å². The summed E-state index contributed by atoms with van der Waals surface area (Å²) in [6, 6.07) is 26.9. The summed E-state index contributed by atoms with van der Waals surface area (Å²) < 4.78 is 5.53. The van der Waals surface area contributed by atoms with Crippen molar-refractivity contribution in [2.45, 2.75) is 69.2 Å². The predicted octanol–water partition coefficient (Wildman–Crippen LogP) is 4.86. The number of hydrogen-bond acceptors (Lipinski definition) is 5. The Kier molecular flexibility index (Phi) is 8.38. The maximum atomic E-state index is 14.0. The number of nitrogens with zero attached hydrogens (tertiary/aromatic N) is 1. The molecule has 1 aliphatic carbocycles. The zero-order chi connectivity index (χ0) is 31.6. The normalized spacial score (nSPS) is 17.9. The molecule has 3 amide bonds. The summed E-state index contributed by atoms with van der Waals surface area (Å²) >= 11 is 0. The fourth-order valence-electron chi connectivity index (χ4n) is 6.79. The quantitative estimate of drug-likeness (QED) is 0.227. The van der Waals surface area contributed by atoms with Crippen molar-refractivity contribution < 1.29 is 19.1 Å². The van der Waals surface area contributed by atoms with Gasteiger partial charge in [0.1, 0.15) is 12.6 Å². The van der Waals surface area contributed by atoms with Crippen molar-refractivity contribution in [1.82, 2.24) is 20.5 Å². The molecule has 1 unspecified atom stereocenters. The highest BCUT2D eigenvalue weighted by atomic mass is 16.5. The molecule has 2 heterocycles. The molecule has 0 saturated carbocycles.